The van der Waals surface area contributed by atoms with Crippen molar-refractivity contribution < 1.29 is 4.79 Å². The Balaban J connectivity index is 1.95. The van der Waals surface area contributed by atoms with Gasteiger partial charge in [0.1, 0.15) is 0 Å². The van der Waals surface area contributed by atoms with E-state index in [0.29, 0.717) is 12.6 Å². The summed E-state index contributed by atoms with van der Waals surface area (Å²) in [6.07, 6.45) is 2.27. The maximum atomic E-state index is 11.6. The highest BCUT2D eigenvalue weighted by molar-refractivity contribution is 5.81. The van der Waals surface area contributed by atoms with Crippen LogP contribution in [0.1, 0.15) is 29.5 Å². The Bertz CT molecular complexity index is 413. The van der Waals surface area contributed by atoms with Crippen LogP contribution < -0.4 is 10.6 Å². The molecule has 0 heterocycles. The first-order valence-electron chi connectivity index (χ1n) is 6.17. The molecule has 0 spiro atoms. The lowest BCUT2D eigenvalue weighted by atomic mass is 10.1. The van der Waals surface area contributed by atoms with Crippen LogP contribution >= 0.6 is 0 Å². The van der Waals surface area contributed by atoms with E-state index >= 15 is 0 Å². The quantitative estimate of drug-likeness (QED) is 0.836. The zero-order valence-corrected chi connectivity index (χ0v) is 10.8. The highest BCUT2D eigenvalue weighted by Crippen LogP contribution is 2.22. The average molecular weight is 232 g/mol. The first-order chi connectivity index (χ1) is 8.06. The van der Waals surface area contributed by atoms with Crippen molar-refractivity contribution in [3.8, 4) is 0 Å². The number of amides is 1. The molecule has 1 aromatic carbocycles. The van der Waals surface area contributed by atoms with Crippen LogP contribution in [0.2, 0.25) is 0 Å². The third kappa shape index (κ3) is 3.22. The van der Waals surface area contributed by atoms with Crippen LogP contribution in [0.15, 0.2) is 12.1 Å². The molecule has 0 atom stereocenters. The molecule has 0 aliphatic heterocycles. The van der Waals surface area contributed by atoms with Gasteiger partial charge in [0.2, 0.25) is 5.91 Å². The Kier molecular flexibility index (Phi) is 3.36. The van der Waals surface area contributed by atoms with E-state index < -0.39 is 0 Å². The molecular formula is C14H20N2O. The van der Waals surface area contributed by atoms with Crippen molar-refractivity contribution in [2.24, 2.45) is 0 Å². The van der Waals surface area contributed by atoms with E-state index in [2.05, 4.69) is 43.5 Å². The molecule has 2 N–H and O–H groups in total. The summed E-state index contributed by atoms with van der Waals surface area (Å²) in [5, 5.41) is 6.20. The fourth-order valence-electron chi connectivity index (χ4n) is 2.13. The molecule has 1 saturated carbocycles. The monoisotopic (exact) mass is 232 g/mol. The number of benzene rings is 1. The maximum Gasteiger partial charge on any atom is 0.239 e. The average Bonchev–Trinajstić information content (AvgIpc) is 2.99. The summed E-state index contributed by atoms with van der Waals surface area (Å²) in [6, 6.07) is 4.70. The molecule has 3 nitrogen and oxygen atoms in total. The number of rotatable bonds is 4. The molecule has 2 rings (SSSR count). The van der Waals surface area contributed by atoms with E-state index in [1.165, 1.54) is 16.7 Å². The standard InChI is InChI=1S/C14H20N2O/c1-9-6-10(2)14(11(3)7-9)15-8-13(17)16-12-4-5-12/h6-7,12,15H,4-5,8H2,1-3H3,(H,16,17). The van der Waals surface area contributed by atoms with Gasteiger partial charge in [-0.2, -0.15) is 0 Å². The number of carbonyl (C=O) groups excluding carboxylic acids is 1. The molecule has 1 aromatic rings. The van der Waals surface area contributed by atoms with Gasteiger partial charge in [0.05, 0.1) is 6.54 Å². The predicted molar refractivity (Wildman–Crippen MR) is 70.3 cm³/mol. The van der Waals surface area contributed by atoms with E-state index in [0.717, 1.165) is 18.5 Å². The lowest BCUT2D eigenvalue weighted by Gasteiger charge is -2.13. The van der Waals surface area contributed by atoms with E-state index in [1.807, 2.05) is 0 Å². The molecule has 0 aromatic heterocycles. The zero-order valence-electron chi connectivity index (χ0n) is 10.8. The summed E-state index contributed by atoms with van der Waals surface area (Å²) in [7, 11) is 0. The molecule has 1 amide bonds. The minimum atomic E-state index is 0.0897. The number of carbonyl (C=O) groups is 1. The Morgan fingerprint density at radius 1 is 1.24 bits per heavy atom. The summed E-state index contributed by atoms with van der Waals surface area (Å²) in [4.78, 5) is 11.6. The highest BCUT2D eigenvalue weighted by atomic mass is 16.2. The van der Waals surface area contributed by atoms with E-state index in [1.54, 1.807) is 0 Å². The predicted octanol–water partition coefficient (Wildman–Crippen LogP) is 2.30. The van der Waals surface area contributed by atoms with Crippen molar-refractivity contribution in [1.82, 2.24) is 5.32 Å². The van der Waals surface area contributed by atoms with Crippen LogP contribution in [-0.2, 0) is 4.79 Å². The van der Waals surface area contributed by atoms with Crippen molar-refractivity contribution in [1.29, 1.82) is 0 Å². The third-order valence-electron chi connectivity index (χ3n) is 3.05. The van der Waals surface area contributed by atoms with E-state index in [-0.39, 0.29) is 5.91 Å². The third-order valence-corrected chi connectivity index (χ3v) is 3.05. The molecule has 0 bridgehead atoms. The molecular weight excluding hydrogens is 212 g/mol. The number of hydrogen-bond acceptors (Lipinski definition) is 2. The van der Waals surface area contributed by atoms with Crippen molar-refractivity contribution in [3.63, 3.8) is 0 Å². The lowest BCUT2D eigenvalue weighted by Crippen LogP contribution is -2.31. The Hall–Kier alpha value is -1.51. The van der Waals surface area contributed by atoms with Crippen LogP contribution in [0.3, 0.4) is 0 Å². The molecule has 1 fully saturated rings. The van der Waals surface area contributed by atoms with Crippen LogP contribution in [-0.4, -0.2) is 18.5 Å². The molecule has 0 saturated heterocycles. The molecule has 1 aliphatic carbocycles. The van der Waals surface area contributed by atoms with Crippen LogP contribution in [0.4, 0.5) is 5.69 Å². The molecule has 0 radical (unpaired) electrons. The van der Waals surface area contributed by atoms with Gasteiger partial charge in [-0.1, -0.05) is 17.7 Å². The number of hydrogen-bond donors (Lipinski definition) is 2. The summed E-state index contributed by atoms with van der Waals surface area (Å²) >= 11 is 0. The zero-order chi connectivity index (χ0) is 12.4. The lowest BCUT2D eigenvalue weighted by molar-refractivity contribution is -0.119. The topological polar surface area (TPSA) is 41.1 Å². The Morgan fingerprint density at radius 2 is 1.82 bits per heavy atom. The normalized spacial score (nSPS) is 14.5. The van der Waals surface area contributed by atoms with Crippen molar-refractivity contribution in [3.05, 3.63) is 28.8 Å². The molecule has 0 unspecified atom stereocenters. The first kappa shape index (κ1) is 12.0. The number of nitrogens with one attached hydrogen (secondary N) is 2. The molecule has 17 heavy (non-hydrogen) atoms. The second-order valence-corrected chi connectivity index (χ2v) is 4.97. The van der Waals surface area contributed by atoms with E-state index in [9.17, 15) is 4.79 Å². The second kappa shape index (κ2) is 4.78. The van der Waals surface area contributed by atoms with Gasteiger partial charge in [-0.3, -0.25) is 4.79 Å². The summed E-state index contributed by atoms with van der Waals surface area (Å²) in [5.74, 6) is 0.0897. The van der Waals surface area contributed by atoms with Gasteiger partial charge in [-0.25, -0.2) is 0 Å². The van der Waals surface area contributed by atoms with Gasteiger partial charge in [0.25, 0.3) is 0 Å². The van der Waals surface area contributed by atoms with Crippen LogP contribution in [0, 0.1) is 20.8 Å². The minimum absolute atomic E-state index is 0.0897. The fraction of sp³-hybridized carbons (Fsp3) is 0.500. The molecule has 1 aliphatic rings. The Labute approximate surface area is 103 Å². The first-order valence-corrected chi connectivity index (χ1v) is 6.17. The van der Waals surface area contributed by atoms with Gasteiger partial charge in [-0.15, -0.1) is 0 Å². The van der Waals surface area contributed by atoms with Crippen molar-refractivity contribution >= 4 is 11.6 Å². The molecule has 3 heteroatoms. The van der Waals surface area contributed by atoms with Crippen molar-refractivity contribution in [2.45, 2.75) is 39.7 Å². The number of aryl methyl sites for hydroxylation is 3. The maximum absolute atomic E-state index is 11.6. The summed E-state index contributed by atoms with van der Waals surface area (Å²) in [6.45, 7) is 6.59. The summed E-state index contributed by atoms with van der Waals surface area (Å²) < 4.78 is 0. The smallest absolute Gasteiger partial charge is 0.239 e. The van der Waals surface area contributed by atoms with Crippen molar-refractivity contribution in [2.75, 3.05) is 11.9 Å². The largest absolute Gasteiger partial charge is 0.376 e. The minimum Gasteiger partial charge on any atom is -0.376 e. The molecule has 92 valence electrons. The SMILES string of the molecule is Cc1cc(C)c(NCC(=O)NC2CC2)c(C)c1. The van der Waals surface area contributed by atoms with Gasteiger partial charge in [-0.05, 0) is 44.7 Å². The second-order valence-electron chi connectivity index (χ2n) is 4.97. The van der Waals surface area contributed by atoms with Gasteiger partial charge < -0.3 is 10.6 Å². The van der Waals surface area contributed by atoms with Gasteiger partial charge >= 0.3 is 0 Å². The fourth-order valence-corrected chi connectivity index (χ4v) is 2.13. The van der Waals surface area contributed by atoms with Gasteiger partial charge in [0, 0.05) is 11.7 Å². The van der Waals surface area contributed by atoms with Gasteiger partial charge in [0.15, 0.2) is 0 Å². The van der Waals surface area contributed by atoms with E-state index in [4.69, 9.17) is 0 Å². The van der Waals surface area contributed by atoms with Crippen LogP contribution in [0.5, 0.6) is 0 Å². The summed E-state index contributed by atoms with van der Waals surface area (Å²) in [5.41, 5.74) is 4.73. The number of anilines is 1. The highest BCUT2D eigenvalue weighted by Gasteiger charge is 2.22. The van der Waals surface area contributed by atoms with Crippen LogP contribution in [0.25, 0.3) is 0 Å². The Morgan fingerprint density at radius 3 is 2.35 bits per heavy atom.